The first kappa shape index (κ1) is 24.4. The van der Waals surface area contributed by atoms with Crippen molar-refractivity contribution < 1.29 is 4.74 Å². The van der Waals surface area contributed by atoms with Crippen LogP contribution in [0.25, 0.3) is 22.2 Å². The van der Waals surface area contributed by atoms with E-state index in [4.69, 9.17) is 10.5 Å². The molecule has 2 N–H and O–H groups in total. The first-order chi connectivity index (χ1) is 18.6. The van der Waals surface area contributed by atoms with E-state index in [0.717, 1.165) is 48.1 Å². The van der Waals surface area contributed by atoms with E-state index >= 15 is 0 Å². The lowest BCUT2D eigenvalue weighted by molar-refractivity contribution is 0.0828. The van der Waals surface area contributed by atoms with Gasteiger partial charge in [0.25, 0.3) is 0 Å². The topological polar surface area (TPSA) is 96.2 Å². The average Bonchev–Trinajstić information content (AvgIpc) is 3.35. The molecule has 2 aliphatic rings. The lowest BCUT2D eigenvalue weighted by Gasteiger charge is -2.41. The molecule has 1 aliphatic carbocycles. The minimum Gasteiger partial charge on any atom is -0.456 e. The average molecular weight is 508 g/mol. The lowest BCUT2D eigenvalue weighted by Crippen LogP contribution is -2.49. The maximum absolute atomic E-state index is 9.36. The normalized spacial score (nSPS) is 20.8. The molecule has 0 atom stereocenters. The van der Waals surface area contributed by atoms with Gasteiger partial charge in [-0.1, -0.05) is 24.3 Å². The van der Waals surface area contributed by atoms with Crippen LogP contribution < -0.4 is 10.5 Å². The van der Waals surface area contributed by atoms with Crippen molar-refractivity contribution in [1.29, 1.82) is 5.26 Å². The Kier molecular flexibility index (Phi) is 6.71. The second-order valence-corrected chi connectivity index (χ2v) is 10.4. The summed E-state index contributed by atoms with van der Waals surface area (Å²) < 4.78 is 8.31. The summed E-state index contributed by atoms with van der Waals surface area (Å²) in [7, 11) is 2.21. The molecule has 0 radical (unpaired) electrons. The van der Waals surface area contributed by atoms with E-state index in [1.807, 2.05) is 36.4 Å². The summed E-state index contributed by atoms with van der Waals surface area (Å²) in [6, 6.07) is 18.4. The smallest absolute Gasteiger partial charge is 0.146 e. The summed E-state index contributed by atoms with van der Waals surface area (Å²) in [5.41, 5.74) is 9.87. The Labute approximate surface area is 223 Å². The van der Waals surface area contributed by atoms with Gasteiger partial charge in [-0.2, -0.15) is 5.26 Å². The molecule has 8 heteroatoms. The second-order valence-electron chi connectivity index (χ2n) is 10.4. The number of nitriles is 1. The zero-order chi connectivity index (χ0) is 26.1. The zero-order valence-corrected chi connectivity index (χ0v) is 21.8. The molecule has 0 amide bonds. The van der Waals surface area contributed by atoms with Crippen LogP contribution in [0.4, 0.5) is 5.82 Å². The number of rotatable bonds is 5. The van der Waals surface area contributed by atoms with E-state index in [1.165, 1.54) is 25.9 Å². The van der Waals surface area contributed by atoms with Crippen molar-refractivity contribution >= 4 is 16.9 Å². The highest BCUT2D eigenvalue weighted by Crippen LogP contribution is 2.39. The van der Waals surface area contributed by atoms with Gasteiger partial charge in [-0.15, -0.1) is 0 Å². The molecule has 4 aromatic rings. The highest BCUT2D eigenvalue weighted by molar-refractivity contribution is 6.00. The summed E-state index contributed by atoms with van der Waals surface area (Å²) in [5.74, 6) is 1.72. The van der Waals surface area contributed by atoms with Crippen molar-refractivity contribution in [1.82, 2.24) is 24.3 Å². The van der Waals surface area contributed by atoms with Crippen molar-refractivity contribution in [2.45, 2.75) is 37.8 Å². The zero-order valence-electron chi connectivity index (χ0n) is 21.8. The highest BCUT2D eigenvalue weighted by atomic mass is 16.5. The molecule has 0 spiro atoms. The van der Waals surface area contributed by atoms with Crippen molar-refractivity contribution in [3.8, 4) is 28.7 Å². The maximum Gasteiger partial charge on any atom is 0.146 e. The van der Waals surface area contributed by atoms with E-state index in [2.05, 4.69) is 43.6 Å². The number of fused-ring (bicyclic) bond motifs is 1. The van der Waals surface area contributed by atoms with Crippen molar-refractivity contribution in [2.24, 2.45) is 0 Å². The van der Waals surface area contributed by atoms with E-state index in [0.29, 0.717) is 35.0 Å². The second kappa shape index (κ2) is 10.4. The summed E-state index contributed by atoms with van der Waals surface area (Å²) in [4.78, 5) is 14.1. The van der Waals surface area contributed by atoms with E-state index < -0.39 is 0 Å². The number of likely N-dealkylation sites (N-methyl/N-ethyl adjacent to an activating group) is 1. The Balaban J connectivity index is 1.24. The molecule has 2 fully saturated rings. The van der Waals surface area contributed by atoms with Crippen LogP contribution in [0.5, 0.6) is 11.5 Å². The fourth-order valence-electron chi connectivity index (χ4n) is 5.97. The number of nitrogens with zero attached hydrogens (tertiary/aromatic N) is 6. The molecule has 1 saturated carbocycles. The number of nitrogen functional groups attached to an aromatic ring is 1. The third-order valence-electron chi connectivity index (χ3n) is 8.15. The Morgan fingerprint density at radius 3 is 2.37 bits per heavy atom. The Morgan fingerprint density at radius 1 is 0.921 bits per heavy atom. The van der Waals surface area contributed by atoms with E-state index in [9.17, 15) is 5.26 Å². The Bertz CT molecular complexity index is 1460. The van der Waals surface area contributed by atoms with Gasteiger partial charge in [-0.25, -0.2) is 9.97 Å². The lowest BCUT2D eigenvalue weighted by atomic mass is 9.89. The summed E-state index contributed by atoms with van der Waals surface area (Å²) in [6.07, 6.45) is 8.46. The number of anilines is 1. The summed E-state index contributed by atoms with van der Waals surface area (Å²) >= 11 is 0. The fraction of sp³-hybridized carbons (Fsp3) is 0.367. The first-order valence-corrected chi connectivity index (χ1v) is 13.4. The van der Waals surface area contributed by atoms with Crippen LogP contribution in [-0.4, -0.2) is 63.6 Å². The minimum atomic E-state index is 0.398. The van der Waals surface area contributed by atoms with Crippen LogP contribution in [-0.2, 0) is 0 Å². The third-order valence-corrected chi connectivity index (χ3v) is 8.15. The predicted octanol–water partition coefficient (Wildman–Crippen LogP) is 5.08. The number of ether oxygens (including phenoxy) is 1. The molecular formula is C30H33N7O. The monoisotopic (exact) mass is 507 g/mol. The van der Waals surface area contributed by atoms with Crippen LogP contribution in [0, 0.1) is 11.3 Å². The SMILES string of the molecule is CN1CCN(C2CCC(n3cc(-c4ccc(Oc5ccccc5C#N)cc4)c4c(N)ncnc43)CC2)CC1. The Hall–Kier alpha value is -3.93. The van der Waals surface area contributed by atoms with Gasteiger partial charge >= 0.3 is 0 Å². The van der Waals surface area contributed by atoms with Gasteiger partial charge in [-0.05, 0) is 62.6 Å². The van der Waals surface area contributed by atoms with Crippen LogP contribution in [0.1, 0.15) is 37.3 Å². The van der Waals surface area contributed by atoms with Gasteiger partial charge in [0.2, 0.25) is 0 Å². The molecule has 3 heterocycles. The summed E-state index contributed by atoms with van der Waals surface area (Å²) in [5, 5.41) is 10.3. The van der Waals surface area contributed by atoms with Crippen LogP contribution in [0.3, 0.4) is 0 Å². The number of aromatic nitrogens is 3. The molecule has 2 aromatic heterocycles. The largest absolute Gasteiger partial charge is 0.456 e. The number of hydrogen-bond acceptors (Lipinski definition) is 7. The van der Waals surface area contributed by atoms with Crippen LogP contribution >= 0.6 is 0 Å². The molecule has 38 heavy (non-hydrogen) atoms. The highest BCUT2D eigenvalue weighted by Gasteiger charge is 2.30. The minimum absolute atomic E-state index is 0.398. The first-order valence-electron chi connectivity index (χ1n) is 13.4. The van der Waals surface area contributed by atoms with Crippen molar-refractivity contribution in [3.05, 3.63) is 66.6 Å². The number of para-hydroxylation sites is 1. The number of nitrogens with two attached hydrogens (primary N) is 1. The van der Waals surface area contributed by atoms with Gasteiger partial charge in [0.15, 0.2) is 0 Å². The Morgan fingerprint density at radius 2 is 1.63 bits per heavy atom. The van der Waals surface area contributed by atoms with Gasteiger partial charge in [0.1, 0.15) is 35.4 Å². The molecule has 6 rings (SSSR count). The molecule has 2 aromatic carbocycles. The third kappa shape index (κ3) is 4.71. The molecule has 0 unspecified atom stereocenters. The summed E-state index contributed by atoms with van der Waals surface area (Å²) in [6.45, 7) is 4.68. The molecule has 1 saturated heterocycles. The number of hydrogen-bond donors (Lipinski definition) is 1. The molecule has 8 nitrogen and oxygen atoms in total. The molecule has 1 aliphatic heterocycles. The van der Waals surface area contributed by atoms with E-state index in [1.54, 1.807) is 18.5 Å². The maximum atomic E-state index is 9.36. The standard InChI is InChI=1S/C30H33N7O/c1-35-14-16-36(17-15-35)23-8-10-24(11-9-23)37-19-26(28-29(32)33-20-34-30(28)37)21-6-12-25(13-7-21)38-27-5-3-2-4-22(27)18-31/h2-7,12-13,19-20,23-24H,8-11,14-17H2,1H3,(H2,32,33,34). The van der Waals surface area contributed by atoms with Gasteiger partial charge in [-0.3, -0.25) is 4.90 Å². The van der Waals surface area contributed by atoms with Crippen LogP contribution in [0.15, 0.2) is 61.1 Å². The predicted molar refractivity (Wildman–Crippen MR) is 149 cm³/mol. The number of benzene rings is 2. The molecule has 194 valence electrons. The van der Waals surface area contributed by atoms with Gasteiger partial charge in [0, 0.05) is 50.0 Å². The van der Waals surface area contributed by atoms with Gasteiger partial charge in [0.05, 0.1) is 10.9 Å². The van der Waals surface area contributed by atoms with Crippen molar-refractivity contribution in [3.63, 3.8) is 0 Å². The molecule has 0 bridgehead atoms. The van der Waals surface area contributed by atoms with Crippen molar-refractivity contribution in [2.75, 3.05) is 39.0 Å². The molecular weight excluding hydrogens is 474 g/mol. The number of piperazine rings is 1. The quantitative estimate of drug-likeness (QED) is 0.403. The van der Waals surface area contributed by atoms with Crippen LogP contribution in [0.2, 0.25) is 0 Å². The van der Waals surface area contributed by atoms with Gasteiger partial charge < -0.3 is 19.9 Å². The van der Waals surface area contributed by atoms with E-state index in [-0.39, 0.29) is 0 Å². The fourth-order valence-corrected chi connectivity index (χ4v) is 5.97.